The second kappa shape index (κ2) is 7.69. The number of para-hydroxylation sites is 1. The van der Waals surface area contributed by atoms with Crippen LogP contribution in [-0.2, 0) is 5.41 Å². The molecule has 1 aromatic heterocycles. The van der Waals surface area contributed by atoms with Gasteiger partial charge in [-0.25, -0.2) is 0 Å². The van der Waals surface area contributed by atoms with E-state index in [9.17, 15) is 0 Å². The molecule has 0 saturated carbocycles. The van der Waals surface area contributed by atoms with Crippen LogP contribution in [0.4, 0.5) is 0 Å². The third-order valence-corrected chi connectivity index (χ3v) is 8.58. The van der Waals surface area contributed by atoms with E-state index in [4.69, 9.17) is 0 Å². The van der Waals surface area contributed by atoms with Crippen molar-refractivity contribution in [3.63, 3.8) is 0 Å². The fraction of sp³-hybridized carbons (Fsp3) is 0.0811. The van der Waals surface area contributed by atoms with Crippen molar-refractivity contribution >= 4 is 32.6 Å². The highest BCUT2D eigenvalue weighted by Crippen LogP contribution is 2.50. The summed E-state index contributed by atoms with van der Waals surface area (Å²) in [4.78, 5) is 0. The summed E-state index contributed by atoms with van der Waals surface area (Å²) in [6, 6.07) is 46.8. The SMILES string of the molecule is CC1(C)c2ccccc2-c2ccc(-n3c4ccccc4c4cc(-c5ccccc5)c5ccccc5c43)cc21. The fourth-order valence-electron chi connectivity index (χ4n) is 6.78. The van der Waals surface area contributed by atoms with Crippen LogP contribution in [-0.4, -0.2) is 4.57 Å². The van der Waals surface area contributed by atoms with Gasteiger partial charge in [-0.1, -0.05) is 117 Å². The molecular formula is C37H27N. The lowest BCUT2D eigenvalue weighted by atomic mass is 9.82. The molecule has 1 heterocycles. The van der Waals surface area contributed by atoms with Gasteiger partial charge in [0.05, 0.1) is 11.0 Å². The van der Waals surface area contributed by atoms with Crippen molar-refractivity contribution < 1.29 is 0 Å². The smallest absolute Gasteiger partial charge is 0.0619 e. The van der Waals surface area contributed by atoms with Crippen LogP contribution in [0.5, 0.6) is 0 Å². The predicted octanol–water partition coefficient (Wildman–Crippen LogP) is 9.91. The molecule has 180 valence electrons. The van der Waals surface area contributed by atoms with Crippen molar-refractivity contribution in [2.75, 3.05) is 0 Å². The Labute approximate surface area is 222 Å². The molecular weight excluding hydrogens is 458 g/mol. The molecule has 7 aromatic rings. The van der Waals surface area contributed by atoms with Crippen molar-refractivity contribution in [1.82, 2.24) is 4.57 Å². The van der Waals surface area contributed by atoms with Crippen LogP contribution in [0.1, 0.15) is 25.0 Å². The number of aromatic nitrogens is 1. The molecule has 1 nitrogen and oxygen atoms in total. The summed E-state index contributed by atoms with van der Waals surface area (Å²) in [6.45, 7) is 4.71. The van der Waals surface area contributed by atoms with Gasteiger partial charge in [0, 0.05) is 27.3 Å². The molecule has 0 fully saturated rings. The number of hydrogen-bond donors (Lipinski definition) is 0. The number of fused-ring (bicyclic) bond motifs is 8. The van der Waals surface area contributed by atoms with Gasteiger partial charge in [0.25, 0.3) is 0 Å². The third-order valence-electron chi connectivity index (χ3n) is 8.58. The van der Waals surface area contributed by atoms with Crippen molar-refractivity contribution in [3.8, 4) is 27.9 Å². The maximum absolute atomic E-state index is 2.49. The minimum atomic E-state index is -0.0384. The van der Waals surface area contributed by atoms with E-state index >= 15 is 0 Å². The molecule has 0 bridgehead atoms. The minimum Gasteiger partial charge on any atom is -0.309 e. The first kappa shape index (κ1) is 21.5. The normalized spacial score (nSPS) is 13.7. The highest BCUT2D eigenvalue weighted by molar-refractivity contribution is 6.22. The fourth-order valence-corrected chi connectivity index (χ4v) is 6.78. The van der Waals surface area contributed by atoms with E-state index in [0.29, 0.717) is 0 Å². The number of nitrogens with zero attached hydrogens (tertiary/aromatic N) is 1. The molecule has 38 heavy (non-hydrogen) atoms. The van der Waals surface area contributed by atoms with Crippen LogP contribution in [0.25, 0.3) is 60.5 Å². The van der Waals surface area contributed by atoms with Crippen molar-refractivity contribution in [2.24, 2.45) is 0 Å². The van der Waals surface area contributed by atoms with Gasteiger partial charge in [-0.05, 0) is 63.0 Å². The molecule has 0 spiro atoms. The summed E-state index contributed by atoms with van der Waals surface area (Å²) in [6.07, 6.45) is 0. The topological polar surface area (TPSA) is 4.93 Å². The molecule has 0 atom stereocenters. The summed E-state index contributed by atoms with van der Waals surface area (Å²) >= 11 is 0. The lowest BCUT2D eigenvalue weighted by Crippen LogP contribution is -2.15. The van der Waals surface area contributed by atoms with Gasteiger partial charge in [0.2, 0.25) is 0 Å². The van der Waals surface area contributed by atoms with E-state index in [2.05, 4.69) is 146 Å². The van der Waals surface area contributed by atoms with Gasteiger partial charge < -0.3 is 4.57 Å². The highest BCUT2D eigenvalue weighted by atomic mass is 15.0. The largest absolute Gasteiger partial charge is 0.309 e. The van der Waals surface area contributed by atoms with Crippen LogP contribution < -0.4 is 0 Å². The molecule has 0 unspecified atom stereocenters. The Morgan fingerprint density at radius 2 is 1.13 bits per heavy atom. The Kier molecular flexibility index (Phi) is 4.35. The standard InChI is InChI=1S/C37H27N/c1-37(2)33-18-10-8-15-27(33)28-21-20-25(22-34(28)37)38-35-19-11-9-16-29(35)32-23-31(24-12-4-3-5-13-24)26-14-6-7-17-30(26)36(32)38/h3-23H,1-2H3. The van der Waals surface area contributed by atoms with Gasteiger partial charge in [-0.2, -0.15) is 0 Å². The molecule has 1 aliphatic rings. The monoisotopic (exact) mass is 485 g/mol. The van der Waals surface area contributed by atoms with E-state index in [0.717, 1.165) is 0 Å². The molecule has 0 saturated heterocycles. The third kappa shape index (κ3) is 2.82. The second-order valence-electron chi connectivity index (χ2n) is 11.0. The Hall–Kier alpha value is -4.62. The average molecular weight is 486 g/mol. The quantitative estimate of drug-likeness (QED) is 0.230. The maximum Gasteiger partial charge on any atom is 0.0619 e. The summed E-state index contributed by atoms with van der Waals surface area (Å²) in [7, 11) is 0. The molecule has 1 aliphatic carbocycles. The zero-order chi connectivity index (χ0) is 25.4. The Balaban J connectivity index is 1.49. The van der Waals surface area contributed by atoms with Crippen LogP contribution >= 0.6 is 0 Å². The molecule has 0 aliphatic heterocycles. The number of benzene rings is 6. The van der Waals surface area contributed by atoms with Crippen LogP contribution in [0.3, 0.4) is 0 Å². The predicted molar refractivity (Wildman–Crippen MR) is 161 cm³/mol. The van der Waals surface area contributed by atoms with Crippen LogP contribution in [0, 0.1) is 0 Å². The zero-order valence-corrected chi connectivity index (χ0v) is 21.6. The van der Waals surface area contributed by atoms with E-state index in [-0.39, 0.29) is 5.41 Å². The van der Waals surface area contributed by atoms with Gasteiger partial charge in [0.1, 0.15) is 0 Å². The molecule has 0 amide bonds. The summed E-state index contributed by atoms with van der Waals surface area (Å²) in [5, 5.41) is 5.14. The lowest BCUT2D eigenvalue weighted by molar-refractivity contribution is 0.660. The second-order valence-corrected chi connectivity index (χ2v) is 11.0. The summed E-state index contributed by atoms with van der Waals surface area (Å²) in [5.74, 6) is 0. The maximum atomic E-state index is 2.49. The van der Waals surface area contributed by atoms with Gasteiger partial charge in [0.15, 0.2) is 0 Å². The zero-order valence-electron chi connectivity index (χ0n) is 21.6. The summed E-state index contributed by atoms with van der Waals surface area (Å²) < 4.78 is 2.49. The Morgan fingerprint density at radius 3 is 1.97 bits per heavy atom. The van der Waals surface area contributed by atoms with Crippen molar-refractivity contribution in [3.05, 3.63) is 139 Å². The van der Waals surface area contributed by atoms with Gasteiger partial charge in [-0.15, -0.1) is 0 Å². The van der Waals surface area contributed by atoms with Crippen molar-refractivity contribution in [2.45, 2.75) is 19.3 Å². The van der Waals surface area contributed by atoms with E-state index in [1.165, 1.54) is 71.6 Å². The lowest BCUT2D eigenvalue weighted by Gasteiger charge is -2.22. The Bertz CT molecular complexity index is 2040. The number of hydrogen-bond acceptors (Lipinski definition) is 0. The molecule has 8 rings (SSSR count). The average Bonchev–Trinajstić information content (AvgIpc) is 3.42. The Morgan fingerprint density at radius 1 is 0.474 bits per heavy atom. The van der Waals surface area contributed by atoms with E-state index in [1.54, 1.807) is 0 Å². The molecule has 0 N–H and O–H groups in total. The first-order chi connectivity index (χ1) is 18.6. The highest BCUT2D eigenvalue weighted by Gasteiger charge is 2.35. The van der Waals surface area contributed by atoms with Crippen LogP contribution in [0.15, 0.2) is 127 Å². The molecule has 0 radical (unpaired) electrons. The molecule has 1 heteroatoms. The van der Waals surface area contributed by atoms with E-state index in [1.807, 2.05) is 0 Å². The van der Waals surface area contributed by atoms with E-state index < -0.39 is 0 Å². The minimum absolute atomic E-state index is 0.0384. The first-order valence-corrected chi connectivity index (χ1v) is 13.4. The van der Waals surface area contributed by atoms with Gasteiger partial charge >= 0.3 is 0 Å². The summed E-state index contributed by atoms with van der Waals surface area (Å²) in [5.41, 5.74) is 11.7. The van der Waals surface area contributed by atoms with Gasteiger partial charge in [-0.3, -0.25) is 0 Å². The van der Waals surface area contributed by atoms with Crippen molar-refractivity contribution in [1.29, 1.82) is 0 Å². The van der Waals surface area contributed by atoms with Crippen LogP contribution in [0.2, 0.25) is 0 Å². The molecule has 6 aromatic carbocycles. The number of rotatable bonds is 2. The first-order valence-electron chi connectivity index (χ1n) is 13.4.